The molecule has 1 atom stereocenters. The van der Waals surface area contributed by atoms with Crippen LogP contribution in [0.25, 0.3) is 10.9 Å². The van der Waals surface area contributed by atoms with Crippen LogP contribution in [-0.2, 0) is 16.9 Å². The number of hydrogen-bond donors (Lipinski definition) is 2. The molecule has 0 aliphatic carbocycles. The lowest BCUT2D eigenvalue weighted by Crippen LogP contribution is -2.19. The molecule has 1 heterocycles. The Morgan fingerprint density at radius 2 is 1.89 bits per heavy atom. The summed E-state index contributed by atoms with van der Waals surface area (Å²) in [5.41, 5.74) is 2.08. The van der Waals surface area contributed by atoms with Crippen LogP contribution in [-0.4, -0.2) is 29.3 Å². The van der Waals surface area contributed by atoms with Crippen molar-refractivity contribution in [2.75, 3.05) is 11.6 Å². The zero-order valence-electron chi connectivity index (χ0n) is 15.5. The maximum Gasteiger partial charge on any atom is 0.296 e. The molecule has 1 aromatic heterocycles. The first kappa shape index (κ1) is 18.9. The molecular formula is C19H21N3O4S. The Bertz CT molecular complexity index is 1200. The molecule has 0 aliphatic heterocycles. The molecule has 0 saturated carbocycles. The van der Waals surface area contributed by atoms with Gasteiger partial charge in [0, 0.05) is 18.9 Å². The van der Waals surface area contributed by atoms with Crippen molar-refractivity contribution >= 4 is 26.4 Å². The standard InChI is InChI=1S/C19H21N3O4S/c1-11-9-13(17-14(10-11)18(23)22(3)19(24)21-17)12(2)20-15-7-5-6-8-16(15)27(4,25)26/h5-10,12,20H,1-4H3,(H,21,24)/t12-/m1/s1. The summed E-state index contributed by atoms with van der Waals surface area (Å²) in [4.78, 5) is 16.8. The molecule has 0 unspecified atom stereocenters. The van der Waals surface area contributed by atoms with Gasteiger partial charge in [-0.1, -0.05) is 18.2 Å². The normalized spacial score (nSPS) is 12.9. The van der Waals surface area contributed by atoms with E-state index in [0.29, 0.717) is 22.2 Å². The minimum atomic E-state index is -3.40. The molecule has 0 aliphatic rings. The summed E-state index contributed by atoms with van der Waals surface area (Å²) in [6.45, 7) is 3.72. The van der Waals surface area contributed by atoms with E-state index in [2.05, 4.69) is 10.3 Å². The lowest BCUT2D eigenvalue weighted by molar-refractivity contribution is 0.403. The first-order valence-corrected chi connectivity index (χ1v) is 10.2. The highest BCUT2D eigenvalue weighted by atomic mass is 32.2. The predicted molar refractivity (Wildman–Crippen MR) is 105 cm³/mol. The van der Waals surface area contributed by atoms with Gasteiger partial charge < -0.3 is 10.4 Å². The second kappa shape index (κ2) is 6.70. The average molecular weight is 387 g/mol. The van der Waals surface area contributed by atoms with Crippen molar-refractivity contribution in [1.82, 2.24) is 9.55 Å². The summed E-state index contributed by atoms with van der Waals surface area (Å²) in [6, 6.07) is 9.51. The zero-order valence-corrected chi connectivity index (χ0v) is 16.3. The number of benzene rings is 2. The van der Waals surface area contributed by atoms with Gasteiger partial charge in [0.1, 0.15) is 0 Å². The first-order chi connectivity index (χ1) is 12.6. The summed E-state index contributed by atoms with van der Waals surface area (Å²) in [7, 11) is -1.95. The number of nitrogens with zero attached hydrogens (tertiary/aromatic N) is 2. The van der Waals surface area contributed by atoms with Crippen LogP contribution >= 0.6 is 0 Å². The molecule has 3 rings (SSSR count). The summed E-state index contributed by atoms with van der Waals surface area (Å²) in [5, 5.41) is 13.6. The highest BCUT2D eigenvalue weighted by Gasteiger charge is 2.19. The van der Waals surface area contributed by atoms with Crippen molar-refractivity contribution in [3.63, 3.8) is 0 Å². The Labute approximate surface area is 157 Å². The SMILES string of the molecule is Cc1cc([C@@H](C)Nc2ccccc2S(C)(=O)=O)c2nc(O)n(C)c(=O)c2c1. The number of fused-ring (bicyclic) bond motifs is 1. The Morgan fingerprint density at radius 1 is 1.22 bits per heavy atom. The molecule has 0 bridgehead atoms. The molecule has 3 aromatic rings. The van der Waals surface area contributed by atoms with Gasteiger partial charge in [0.05, 0.1) is 27.5 Å². The molecule has 0 spiro atoms. The van der Waals surface area contributed by atoms with E-state index in [1.54, 1.807) is 30.3 Å². The van der Waals surface area contributed by atoms with Crippen LogP contribution in [0.1, 0.15) is 24.1 Å². The van der Waals surface area contributed by atoms with E-state index in [-0.39, 0.29) is 22.5 Å². The minimum absolute atomic E-state index is 0.195. The third-order valence-electron chi connectivity index (χ3n) is 4.46. The van der Waals surface area contributed by atoms with Gasteiger partial charge >= 0.3 is 0 Å². The fourth-order valence-electron chi connectivity index (χ4n) is 3.09. The van der Waals surface area contributed by atoms with Gasteiger partial charge in [-0.25, -0.2) is 8.42 Å². The molecule has 7 nitrogen and oxygen atoms in total. The number of sulfone groups is 1. The Balaban J connectivity index is 2.16. The topological polar surface area (TPSA) is 101 Å². The third-order valence-corrected chi connectivity index (χ3v) is 5.61. The Kier molecular flexibility index (Phi) is 4.69. The van der Waals surface area contributed by atoms with Crippen molar-refractivity contribution in [1.29, 1.82) is 0 Å². The number of aryl methyl sites for hydroxylation is 1. The Morgan fingerprint density at radius 3 is 2.56 bits per heavy atom. The molecule has 2 aromatic carbocycles. The quantitative estimate of drug-likeness (QED) is 0.713. The van der Waals surface area contributed by atoms with Gasteiger partial charge in [0.15, 0.2) is 9.84 Å². The van der Waals surface area contributed by atoms with E-state index in [9.17, 15) is 18.3 Å². The number of anilines is 1. The number of nitrogens with one attached hydrogen (secondary N) is 1. The minimum Gasteiger partial charge on any atom is -0.480 e. The Hall–Kier alpha value is -2.87. The molecule has 0 amide bonds. The van der Waals surface area contributed by atoms with Crippen LogP contribution < -0.4 is 10.9 Å². The number of rotatable bonds is 4. The van der Waals surface area contributed by atoms with E-state index in [1.807, 2.05) is 19.9 Å². The van der Waals surface area contributed by atoms with Gasteiger partial charge in [0.25, 0.3) is 11.6 Å². The first-order valence-electron chi connectivity index (χ1n) is 8.35. The van der Waals surface area contributed by atoms with Crippen LogP contribution in [0.4, 0.5) is 5.69 Å². The summed E-state index contributed by atoms with van der Waals surface area (Å²) < 4.78 is 25.2. The van der Waals surface area contributed by atoms with E-state index in [0.717, 1.165) is 16.4 Å². The lowest BCUT2D eigenvalue weighted by atomic mass is 10.0. The maximum atomic E-state index is 12.5. The monoisotopic (exact) mass is 387 g/mol. The van der Waals surface area contributed by atoms with E-state index in [4.69, 9.17) is 0 Å². The van der Waals surface area contributed by atoms with E-state index in [1.165, 1.54) is 7.05 Å². The van der Waals surface area contributed by atoms with Crippen LogP contribution in [0.3, 0.4) is 0 Å². The van der Waals surface area contributed by atoms with Crippen LogP contribution in [0.2, 0.25) is 0 Å². The van der Waals surface area contributed by atoms with Crippen molar-refractivity contribution < 1.29 is 13.5 Å². The summed E-state index contributed by atoms with van der Waals surface area (Å²) in [5.74, 6) is 0. The molecule has 142 valence electrons. The van der Waals surface area contributed by atoms with Crippen molar-refractivity contribution in [2.24, 2.45) is 7.05 Å². The van der Waals surface area contributed by atoms with Crippen LogP contribution in [0.15, 0.2) is 46.1 Å². The second-order valence-electron chi connectivity index (χ2n) is 6.66. The molecule has 0 saturated heterocycles. The van der Waals surface area contributed by atoms with Crippen LogP contribution in [0, 0.1) is 6.92 Å². The van der Waals surface area contributed by atoms with Crippen molar-refractivity contribution in [2.45, 2.75) is 24.8 Å². The second-order valence-corrected chi connectivity index (χ2v) is 8.64. The molecule has 2 N–H and O–H groups in total. The van der Waals surface area contributed by atoms with E-state index < -0.39 is 9.84 Å². The molecule has 0 radical (unpaired) electrons. The maximum absolute atomic E-state index is 12.5. The largest absolute Gasteiger partial charge is 0.480 e. The molecular weight excluding hydrogens is 366 g/mol. The van der Waals surface area contributed by atoms with Gasteiger partial charge in [-0.2, -0.15) is 4.98 Å². The fourth-order valence-corrected chi connectivity index (χ4v) is 3.94. The van der Waals surface area contributed by atoms with Gasteiger partial charge in [-0.15, -0.1) is 0 Å². The zero-order chi connectivity index (χ0) is 19.9. The van der Waals surface area contributed by atoms with Crippen molar-refractivity contribution in [3.05, 3.63) is 57.9 Å². The molecule has 27 heavy (non-hydrogen) atoms. The predicted octanol–water partition coefficient (Wildman–Crippen LogP) is 2.52. The third kappa shape index (κ3) is 3.52. The average Bonchev–Trinajstić information content (AvgIpc) is 2.59. The van der Waals surface area contributed by atoms with E-state index >= 15 is 0 Å². The molecule has 0 fully saturated rings. The van der Waals surface area contributed by atoms with Crippen molar-refractivity contribution in [3.8, 4) is 6.01 Å². The number of aromatic hydroxyl groups is 1. The van der Waals surface area contributed by atoms with Crippen LogP contribution in [0.5, 0.6) is 6.01 Å². The lowest BCUT2D eigenvalue weighted by Gasteiger charge is -2.20. The smallest absolute Gasteiger partial charge is 0.296 e. The number of aromatic nitrogens is 2. The highest BCUT2D eigenvalue weighted by molar-refractivity contribution is 7.90. The molecule has 8 heteroatoms. The summed E-state index contributed by atoms with van der Waals surface area (Å²) >= 11 is 0. The van der Waals surface area contributed by atoms with Gasteiger partial charge in [0.2, 0.25) is 0 Å². The number of para-hydroxylation sites is 1. The number of hydrogen-bond acceptors (Lipinski definition) is 6. The van der Waals surface area contributed by atoms with Gasteiger partial charge in [-0.05, 0) is 37.6 Å². The fraction of sp³-hybridized carbons (Fsp3) is 0.263. The highest BCUT2D eigenvalue weighted by Crippen LogP contribution is 2.29. The summed E-state index contributed by atoms with van der Waals surface area (Å²) in [6.07, 6.45) is 1.16. The van der Waals surface area contributed by atoms with Gasteiger partial charge in [-0.3, -0.25) is 9.36 Å².